The first kappa shape index (κ1) is 20.3. The van der Waals surface area contributed by atoms with Crippen molar-refractivity contribution in [3.63, 3.8) is 0 Å². The smallest absolute Gasteiger partial charge is 0.266 e. The summed E-state index contributed by atoms with van der Waals surface area (Å²) in [5.41, 5.74) is 3.31. The maximum atomic E-state index is 13.6. The maximum Gasteiger partial charge on any atom is 0.266 e. The lowest BCUT2D eigenvalue weighted by Gasteiger charge is -2.28. The van der Waals surface area contributed by atoms with Gasteiger partial charge >= 0.3 is 0 Å². The van der Waals surface area contributed by atoms with Crippen molar-refractivity contribution in [2.75, 3.05) is 16.6 Å². The van der Waals surface area contributed by atoms with E-state index in [-0.39, 0.29) is 11.8 Å². The number of anilines is 2. The number of imide groups is 1. The molecule has 162 valence electrons. The Bertz CT molecular complexity index is 1130. The molecule has 0 saturated carbocycles. The number of carbonyl (C=O) groups excluding carboxylic acids is 2. The number of fused-ring (bicyclic) bond motifs is 1. The summed E-state index contributed by atoms with van der Waals surface area (Å²) in [5.74, 6) is -0.477. The number of para-hydroxylation sites is 1. The second kappa shape index (κ2) is 8.13. The van der Waals surface area contributed by atoms with E-state index in [0.717, 1.165) is 22.6 Å². The highest BCUT2D eigenvalue weighted by molar-refractivity contribution is 6.23. The first-order chi connectivity index (χ1) is 15.6. The van der Waals surface area contributed by atoms with E-state index in [1.54, 1.807) is 17.2 Å². The molecule has 2 fully saturated rings. The van der Waals surface area contributed by atoms with Gasteiger partial charge in [0.2, 0.25) is 5.91 Å². The van der Waals surface area contributed by atoms with Crippen molar-refractivity contribution in [1.82, 2.24) is 0 Å². The first-order valence-electron chi connectivity index (χ1n) is 10.8. The number of nitrogens with zero attached hydrogens (tertiary/aromatic N) is 2. The summed E-state index contributed by atoms with van der Waals surface area (Å²) in [7, 11) is 0. The minimum atomic E-state index is -0.874. The molecule has 3 atom stereocenters. The third kappa shape index (κ3) is 3.33. The van der Waals surface area contributed by atoms with Gasteiger partial charge in [-0.3, -0.25) is 14.4 Å². The number of rotatable bonds is 5. The van der Waals surface area contributed by atoms with E-state index in [0.29, 0.717) is 12.3 Å². The minimum absolute atomic E-state index is 0.249. The van der Waals surface area contributed by atoms with Crippen LogP contribution in [-0.2, 0) is 14.4 Å². The molecule has 0 aliphatic carbocycles. The quantitative estimate of drug-likeness (QED) is 0.562. The Kier molecular flexibility index (Phi) is 5.15. The van der Waals surface area contributed by atoms with Crippen LogP contribution in [0.5, 0.6) is 5.75 Å². The lowest BCUT2D eigenvalue weighted by atomic mass is 9.90. The Hall–Kier alpha value is -3.64. The summed E-state index contributed by atoms with van der Waals surface area (Å²) in [6, 6.07) is 24.1. The van der Waals surface area contributed by atoms with Crippen LogP contribution in [0.4, 0.5) is 11.4 Å². The van der Waals surface area contributed by atoms with Gasteiger partial charge in [-0.2, -0.15) is 0 Å². The predicted octanol–water partition coefficient (Wildman–Crippen LogP) is 4.44. The summed E-state index contributed by atoms with van der Waals surface area (Å²) in [6.07, 6.45) is -0.874. The van der Waals surface area contributed by atoms with Gasteiger partial charge in [0.05, 0.1) is 24.0 Å². The number of hydrogen-bond donors (Lipinski definition) is 0. The fraction of sp³-hybridized carbons (Fsp3) is 0.231. The van der Waals surface area contributed by atoms with E-state index >= 15 is 0 Å². The van der Waals surface area contributed by atoms with Crippen LogP contribution in [0.1, 0.15) is 24.1 Å². The lowest BCUT2D eigenvalue weighted by molar-refractivity contribution is -0.126. The van der Waals surface area contributed by atoms with Gasteiger partial charge in [0.1, 0.15) is 11.7 Å². The molecule has 0 unspecified atom stereocenters. The molecule has 0 N–H and O–H groups in total. The topological polar surface area (TPSA) is 59.1 Å². The molecule has 2 heterocycles. The Morgan fingerprint density at radius 1 is 0.844 bits per heavy atom. The molecular formula is C26H24N2O4. The molecule has 0 bridgehead atoms. The van der Waals surface area contributed by atoms with Crippen LogP contribution in [0.15, 0.2) is 78.9 Å². The molecule has 2 amide bonds. The van der Waals surface area contributed by atoms with Gasteiger partial charge in [0.15, 0.2) is 6.10 Å². The lowest BCUT2D eigenvalue weighted by Crippen LogP contribution is -2.37. The van der Waals surface area contributed by atoms with E-state index in [1.807, 2.05) is 80.6 Å². The standard InChI is InChI=1S/C26H24N2O4/c1-3-31-21-15-11-18(12-16-21)23-22-24(32-28(23)20-7-5-4-6-8-20)26(30)27(25(22)29)19-13-9-17(2)10-14-19/h4-16,22-24H,3H2,1-2H3/t22-,23+,24+/m0/s1. The summed E-state index contributed by atoms with van der Waals surface area (Å²) in [5, 5.41) is 1.70. The van der Waals surface area contributed by atoms with Gasteiger partial charge in [0, 0.05) is 0 Å². The zero-order chi connectivity index (χ0) is 22.2. The van der Waals surface area contributed by atoms with Crippen molar-refractivity contribution >= 4 is 23.2 Å². The van der Waals surface area contributed by atoms with Crippen molar-refractivity contribution in [3.8, 4) is 5.75 Å². The Morgan fingerprint density at radius 2 is 1.53 bits per heavy atom. The molecule has 0 aromatic heterocycles. The summed E-state index contributed by atoms with van der Waals surface area (Å²) < 4.78 is 5.57. The number of carbonyl (C=O) groups is 2. The Labute approximate surface area is 186 Å². The number of benzene rings is 3. The maximum absolute atomic E-state index is 13.6. The number of hydrogen-bond acceptors (Lipinski definition) is 5. The second-order valence-electron chi connectivity index (χ2n) is 8.01. The monoisotopic (exact) mass is 428 g/mol. The highest BCUT2D eigenvalue weighted by atomic mass is 16.7. The molecule has 2 aliphatic heterocycles. The van der Waals surface area contributed by atoms with Crippen LogP contribution in [-0.4, -0.2) is 24.5 Å². The van der Waals surface area contributed by atoms with E-state index < -0.39 is 18.1 Å². The molecule has 0 spiro atoms. The van der Waals surface area contributed by atoms with Crippen LogP contribution in [0.3, 0.4) is 0 Å². The minimum Gasteiger partial charge on any atom is -0.494 e. The Morgan fingerprint density at radius 3 is 2.19 bits per heavy atom. The van der Waals surface area contributed by atoms with Crippen LogP contribution < -0.4 is 14.7 Å². The molecular weight excluding hydrogens is 404 g/mol. The molecule has 2 saturated heterocycles. The number of aryl methyl sites for hydroxylation is 1. The molecule has 3 aromatic rings. The molecule has 32 heavy (non-hydrogen) atoms. The molecule has 5 rings (SSSR count). The summed E-state index contributed by atoms with van der Waals surface area (Å²) in [4.78, 5) is 34.3. The molecule has 2 aliphatic rings. The third-order valence-electron chi connectivity index (χ3n) is 5.95. The van der Waals surface area contributed by atoms with Gasteiger partial charge in [-0.1, -0.05) is 48.0 Å². The zero-order valence-electron chi connectivity index (χ0n) is 18.0. The van der Waals surface area contributed by atoms with Crippen LogP contribution in [0.25, 0.3) is 0 Å². The SMILES string of the molecule is CCOc1ccc([C@@H]2[C@@H]3C(=O)N(c4ccc(C)cc4)C(=O)[C@@H]3ON2c2ccccc2)cc1. The van der Waals surface area contributed by atoms with Gasteiger partial charge in [-0.05, 0) is 55.8 Å². The largest absolute Gasteiger partial charge is 0.494 e. The molecule has 6 nitrogen and oxygen atoms in total. The number of amides is 2. The average Bonchev–Trinajstić information content (AvgIpc) is 3.32. The molecule has 3 aromatic carbocycles. The van der Waals surface area contributed by atoms with Crippen molar-refractivity contribution in [3.05, 3.63) is 90.0 Å². The van der Waals surface area contributed by atoms with Crippen LogP contribution in [0.2, 0.25) is 0 Å². The molecule has 6 heteroatoms. The average molecular weight is 428 g/mol. The summed E-state index contributed by atoms with van der Waals surface area (Å²) >= 11 is 0. The van der Waals surface area contributed by atoms with Crippen LogP contribution >= 0.6 is 0 Å². The van der Waals surface area contributed by atoms with Gasteiger partial charge < -0.3 is 4.74 Å². The number of ether oxygens (including phenoxy) is 1. The first-order valence-corrected chi connectivity index (χ1v) is 10.8. The zero-order valence-corrected chi connectivity index (χ0v) is 18.0. The van der Waals surface area contributed by atoms with E-state index in [2.05, 4.69) is 0 Å². The summed E-state index contributed by atoms with van der Waals surface area (Å²) in [6.45, 7) is 4.48. The van der Waals surface area contributed by atoms with Crippen molar-refractivity contribution in [1.29, 1.82) is 0 Å². The fourth-order valence-electron chi connectivity index (χ4n) is 4.43. The highest BCUT2D eigenvalue weighted by Crippen LogP contribution is 2.47. The molecule has 0 radical (unpaired) electrons. The highest BCUT2D eigenvalue weighted by Gasteiger charge is 2.60. The third-order valence-corrected chi connectivity index (χ3v) is 5.95. The van der Waals surface area contributed by atoms with Gasteiger partial charge in [-0.25, -0.2) is 9.96 Å². The number of hydroxylamine groups is 1. The van der Waals surface area contributed by atoms with E-state index in [9.17, 15) is 9.59 Å². The van der Waals surface area contributed by atoms with Gasteiger partial charge in [0.25, 0.3) is 5.91 Å². The van der Waals surface area contributed by atoms with Crippen molar-refractivity contribution < 1.29 is 19.2 Å². The van der Waals surface area contributed by atoms with Gasteiger partial charge in [-0.15, -0.1) is 0 Å². The van der Waals surface area contributed by atoms with Crippen molar-refractivity contribution in [2.24, 2.45) is 5.92 Å². The fourth-order valence-corrected chi connectivity index (χ4v) is 4.43. The normalized spacial score (nSPS) is 22.4. The van der Waals surface area contributed by atoms with Crippen LogP contribution in [0, 0.1) is 12.8 Å². The Balaban J connectivity index is 1.55. The second-order valence-corrected chi connectivity index (χ2v) is 8.01. The van der Waals surface area contributed by atoms with E-state index in [4.69, 9.17) is 9.57 Å². The van der Waals surface area contributed by atoms with Crippen molar-refractivity contribution in [2.45, 2.75) is 26.0 Å². The predicted molar refractivity (Wildman–Crippen MR) is 121 cm³/mol. The van der Waals surface area contributed by atoms with E-state index in [1.165, 1.54) is 4.90 Å².